The zero-order chi connectivity index (χ0) is 15.6. The Hall–Kier alpha value is -2.22. The van der Waals surface area contributed by atoms with E-state index in [1.807, 2.05) is 30.8 Å². The highest BCUT2D eigenvalue weighted by Crippen LogP contribution is 2.11. The fraction of sp³-hybridized carbons (Fsp3) is 0.357. The number of nitrogens with zero attached hydrogens (tertiary/aromatic N) is 3. The first-order valence-electron chi connectivity index (χ1n) is 7.01. The van der Waals surface area contributed by atoms with Crippen molar-refractivity contribution in [1.82, 2.24) is 25.3 Å². The van der Waals surface area contributed by atoms with Crippen LogP contribution in [0.5, 0.6) is 0 Å². The van der Waals surface area contributed by atoms with Crippen LogP contribution in [-0.4, -0.2) is 44.7 Å². The van der Waals surface area contributed by atoms with Crippen molar-refractivity contribution in [2.24, 2.45) is 10.7 Å². The summed E-state index contributed by atoms with van der Waals surface area (Å²) in [6.45, 7) is 3.35. The van der Waals surface area contributed by atoms with Crippen molar-refractivity contribution < 1.29 is 0 Å². The summed E-state index contributed by atoms with van der Waals surface area (Å²) in [5.74, 6) is 2.32. The van der Waals surface area contributed by atoms with Crippen LogP contribution >= 0.6 is 11.8 Å². The number of rotatable bonds is 8. The number of guanidine groups is 1. The topological polar surface area (TPSA) is 108 Å². The van der Waals surface area contributed by atoms with Crippen LogP contribution in [0, 0.1) is 6.92 Å². The van der Waals surface area contributed by atoms with E-state index in [-0.39, 0.29) is 0 Å². The molecule has 0 aliphatic rings. The lowest BCUT2D eigenvalue weighted by Crippen LogP contribution is -2.33. The molecular formula is C14H21N7S. The normalized spacial score (nSPS) is 12.1. The van der Waals surface area contributed by atoms with Gasteiger partial charge in [0.05, 0.1) is 36.8 Å². The quantitative estimate of drug-likeness (QED) is 0.333. The molecule has 0 bridgehead atoms. The van der Waals surface area contributed by atoms with Crippen molar-refractivity contribution in [3.63, 3.8) is 0 Å². The summed E-state index contributed by atoms with van der Waals surface area (Å²) < 4.78 is 0. The Labute approximate surface area is 133 Å². The van der Waals surface area contributed by atoms with Gasteiger partial charge >= 0.3 is 0 Å². The lowest BCUT2D eigenvalue weighted by molar-refractivity contribution is 0.951. The summed E-state index contributed by atoms with van der Waals surface area (Å²) in [4.78, 5) is 18.5. The van der Waals surface area contributed by atoms with Gasteiger partial charge in [-0.1, -0.05) is 6.08 Å². The van der Waals surface area contributed by atoms with Gasteiger partial charge in [-0.3, -0.25) is 0 Å². The molecule has 0 spiro atoms. The van der Waals surface area contributed by atoms with E-state index in [1.54, 1.807) is 18.9 Å². The van der Waals surface area contributed by atoms with E-state index in [0.29, 0.717) is 12.5 Å². The molecule has 2 aromatic heterocycles. The molecule has 5 N–H and O–H groups in total. The standard InChI is InChI=1S/C14H21N7S/c1-11-13(21-10-19-11)8-22-6-5-18-14(15)17-4-2-3-12-7-16-9-20-12/h2-3,7,9-10H,4-6,8H2,1H3,(H,16,20)(H,19,21)(H3,15,17,18)/b3-2-. The number of nitrogens with one attached hydrogen (secondary N) is 3. The highest BCUT2D eigenvalue weighted by atomic mass is 32.2. The van der Waals surface area contributed by atoms with E-state index in [2.05, 4.69) is 30.2 Å². The zero-order valence-corrected chi connectivity index (χ0v) is 13.4. The molecule has 0 aliphatic carbocycles. The Morgan fingerprint density at radius 2 is 2.36 bits per heavy atom. The van der Waals surface area contributed by atoms with Crippen molar-refractivity contribution in [1.29, 1.82) is 0 Å². The molecule has 0 aromatic carbocycles. The molecule has 0 aliphatic heterocycles. The van der Waals surface area contributed by atoms with E-state index in [0.717, 1.165) is 35.1 Å². The van der Waals surface area contributed by atoms with E-state index in [9.17, 15) is 0 Å². The monoisotopic (exact) mass is 319 g/mol. The van der Waals surface area contributed by atoms with E-state index >= 15 is 0 Å². The van der Waals surface area contributed by atoms with Gasteiger partial charge in [0.25, 0.3) is 0 Å². The van der Waals surface area contributed by atoms with Crippen molar-refractivity contribution in [2.75, 3.05) is 18.8 Å². The van der Waals surface area contributed by atoms with Crippen LogP contribution in [0.25, 0.3) is 6.08 Å². The Morgan fingerprint density at radius 3 is 3.09 bits per heavy atom. The highest BCUT2D eigenvalue weighted by Gasteiger charge is 2.00. The first-order chi connectivity index (χ1) is 10.8. The number of imidazole rings is 2. The smallest absolute Gasteiger partial charge is 0.188 e. The molecule has 7 nitrogen and oxygen atoms in total. The number of aliphatic imine (C=N–C) groups is 1. The van der Waals surface area contributed by atoms with E-state index in [4.69, 9.17) is 5.73 Å². The van der Waals surface area contributed by atoms with Gasteiger partial charge in [0.2, 0.25) is 0 Å². The number of aromatic amines is 2. The predicted molar refractivity (Wildman–Crippen MR) is 91.6 cm³/mol. The van der Waals surface area contributed by atoms with E-state index in [1.165, 1.54) is 0 Å². The summed E-state index contributed by atoms with van der Waals surface area (Å²) in [6, 6.07) is 0. The molecule has 2 rings (SSSR count). The summed E-state index contributed by atoms with van der Waals surface area (Å²) in [5, 5.41) is 3.10. The average molecular weight is 319 g/mol. The molecule has 2 heterocycles. The number of nitrogens with two attached hydrogens (primary N) is 1. The van der Waals surface area contributed by atoms with Gasteiger partial charge < -0.3 is 21.0 Å². The summed E-state index contributed by atoms with van der Waals surface area (Å²) in [6.07, 6.45) is 8.97. The number of H-pyrrole nitrogens is 2. The third-order valence-electron chi connectivity index (χ3n) is 2.91. The van der Waals surface area contributed by atoms with Gasteiger partial charge in [-0.25, -0.2) is 15.0 Å². The third kappa shape index (κ3) is 5.65. The SMILES string of the molecule is Cc1[nH]cnc1CSCCNC(N)=NC/C=C\c1cnc[nH]1. The molecular weight excluding hydrogens is 298 g/mol. The summed E-state index contributed by atoms with van der Waals surface area (Å²) >= 11 is 1.81. The molecule has 0 radical (unpaired) electrons. The minimum atomic E-state index is 0.464. The van der Waals surface area contributed by atoms with Crippen LogP contribution < -0.4 is 11.1 Å². The van der Waals surface area contributed by atoms with Crippen LogP contribution in [0.1, 0.15) is 17.1 Å². The number of hydrogen-bond donors (Lipinski definition) is 4. The van der Waals surface area contributed by atoms with Gasteiger partial charge in [0.15, 0.2) is 5.96 Å². The summed E-state index contributed by atoms with van der Waals surface area (Å²) in [5.41, 5.74) is 8.98. The predicted octanol–water partition coefficient (Wildman–Crippen LogP) is 1.29. The first kappa shape index (κ1) is 16.2. The second kappa shape index (κ2) is 8.93. The molecule has 8 heteroatoms. The average Bonchev–Trinajstić information content (AvgIpc) is 3.15. The Bertz CT molecular complexity index is 600. The van der Waals surface area contributed by atoms with Crippen molar-refractivity contribution in [3.05, 3.63) is 42.0 Å². The minimum absolute atomic E-state index is 0.464. The fourth-order valence-electron chi connectivity index (χ4n) is 1.70. The number of thioether (sulfide) groups is 1. The molecule has 0 saturated carbocycles. The maximum absolute atomic E-state index is 5.79. The molecule has 2 aromatic rings. The van der Waals surface area contributed by atoms with E-state index < -0.39 is 0 Å². The van der Waals surface area contributed by atoms with Gasteiger partial charge in [0, 0.05) is 23.7 Å². The number of hydrogen-bond acceptors (Lipinski definition) is 4. The molecule has 0 amide bonds. The Kier molecular flexibility index (Phi) is 6.56. The molecule has 22 heavy (non-hydrogen) atoms. The van der Waals surface area contributed by atoms with Gasteiger partial charge in [-0.15, -0.1) is 0 Å². The van der Waals surface area contributed by atoms with Crippen LogP contribution in [0.2, 0.25) is 0 Å². The molecule has 0 fully saturated rings. The van der Waals surface area contributed by atoms with Crippen LogP contribution in [0.15, 0.2) is 29.9 Å². The van der Waals surface area contributed by atoms with Gasteiger partial charge in [-0.05, 0) is 13.0 Å². The van der Waals surface area contributed by atoms with Gasteiger partial charge in [-0.2, -0.15) is 11.8 Å². The lowest BCUT2D eigenvalue weighted by atomic mass is 10.4. The van der Waals surface area contributed by atoms with Gasteiger partial charge in [0.1, 0.15) is 0 Å². The highest BCUT2D eigenvalue weighted by molar-refractivity contribution is 7.98. The number of aryl methyl sites for hydroxylation is 1. The maximum atomic E-state index is 5.79. The largest absolute Gasteiger partial charge is 0.370 e. The molecule has 118 valence electrons. The second-order valence-corrected chi connectivity index (χ2v) is 5.69. The van der Waals surface area contributed by atoms with Crippen molar-refractivity contribution in [2.45, 2.75) is 12.7 Å². The van der Waals surface area contributed by atoms with Crippen molar-refractivity contribution in [3.8, 4) is 0 Å². The van der Waals surface area contributed by atoms with Crippen LogP contribution in [0.4, 0.5) is 0 Å². The minimum Gasteiger partial charge on any atom is -0.370 e. The van der Waals surface area contributed by atoms with Crippen LogP contribution in [0.3, 0.4) is 0 Å². The molecule has 0 saturated heterocycles. The zero-order valence-electron chi connectivity index (χ0n) is 12.5. The second-order valence-electron chi connectivity index (χ2n) is 4.59. The third-order valence-corrected chi connectivity index (χ3v) is 3.88. The Morgan fingerprint density at radius 1 is 1.45 bits per heavy atom. The van der Waals surface area contributed by atoms with Crippen molar-refractivity contribution >= 4 is 23.8 Å². The maximum Gasteiger partial charge on any atom is 0.188 e. The number of aromatic nitrogens is 4. The fourth-order valence-corrected chi connectivity index (χ4v) is 2.57. The molecule has 0 unspecified atom stereocenters. The molecule has 0 atom stereocenters. The van der Waals surface area contributed by atoms with Crippen LogP contribution in [-0.2, 0) is 5.75 Å². The lowest BCUT2D eigenvalue weighted by Gasteiger charge is -2.04. The summed E-state index contributed by atoms with van der Waals surface area (Å²) in [7, 11) is 0. The Balaban J connectivity index is 1.56. The first-order valence-corrected chi connectivity index (χ1v) is 8.16.